The first-order chi connectivity index (χ1) is 21.3. The fourth-order valence-electron chi connectivity index (χ4n) is 7.25. The van der Waals surface area contributed by atoms with Gasteiger partial charge in [-0.15, -0.1) is 0 Å². The summed E-state index contributed by atoms with van der Waals surface area (Å²) in [6.45, 7) is 0. The van der Waals surface area contributed by atoms with Crippen LogP contribution in [0.15, 0.2) is 152 Å². The maximum Gasteiger partial charge on any atom is 0.0314 e. The monoisotopic (exact) mass is 545 g/mol. The maximum atomic E-state index is 6.18. The summed E-state index contributed by atoms with van der Waals surface area (Å²) in [5.41, 5.74) is 19.5. The van der Waals surface area contributed by atoms with E-state index in [-0.39, 0.29) is 0 Å². The van der Waals surface area contributed by atoms with Crippen LogP contribution in [0.4, 0.5) is 5.69 Å². The van der Waals surface area contributed by atoms with Gasteiger partial charge in [0.1, 0.15) is 0 Å². The Kier molecular flexibility index (Phi) is 5.12. The molecule has 200 valence electrons. The van der Waals surface area contributed by atoms with Crippen molar-refractivity contribution in [2.75, 3.05) is 5.73 Å². The zero-order valence-corrected chi connectivity index (χ0v) is 23.5. The molecule has 0 aromatic heterocycles. The van der Waals surface area contributed by atoms with Crippen LogP contribution >= 0.6 is 0 Å². The summed E-state index contributed by atoms with van der Waals surface area (Å²) in [5.74, 6) is 0. The van der Waals surface area contributed by atoms with Gasteiger partial charge in [-0.05, 0) is 118 Å². The number of rotatable bonds is 3. The predicted octanol–water partition coefficient (Wildman–Crippen LogP) is 11.4. The molecule has 0 heterocycles. The smallest absolute Gasteiger partial charge is 0.0314 e. The van der Waals surface area contributed by atoms with Crippen molar-refractivity contribution in [2.45, 2.75) is 0 Å². The number of benzene rings is 8. The molecule has 0 unspecified atom stereocenters. The summed E-state index contributed by atoms with van der Waals surface area (Å²) >= 11 is 0. The Labute approximate surface area is 250 Å². The van der Waals surface area contributed by atoms with Gasteiger partial charge in [-0.25, -0.2) is 0 Å². The first-order valence-electron chi connectivity index (χ1n) is 14.8. The van der Waals surface area contributed by atoms with Crippen molar-refractivity contribution in [2.24, 2.45) is 0 Å². The van der Waals surface area contributed by atoms with E-state index in [1.165, 1.54) is 82.4 Å². The molecular formula is C42H27N. The highest BCUT2D eigenvalue weighted by Crippen LogP contribution is 2.59. The summed E-state index contributed by atoms with van der Waals surface area (Å²) in [6, 6.07) is 55.0. The van der Waals surface area contributed by atoms with Crippen LogP contribution in [0.5, 0.6) is 0 Å². The minimum absolute atomic E-state index is 0.768. The van der Waals surface area contributed by atoms with E-state index in [1.807, 2.05) is 12.1 Å². The lowest BCUT2D eigenvalue weighted by Gasteiger charge is -2.21. The Morgan fingerprint density at radius 1 is 0.326 bits per heavy atom. The summed E-state index contributed by atoms with van der Waals surface area (Å²) < 4.78 is 0. The van der Waals surface area contributed by atoms with Gasteiger partial charge in [0.05, 0.1) is 0 Å². The van der Waals surface area contributed by atoms with Crippen molar-refractivity contribution < 1.29 is 0 Å². The first kappa shape index (κ1) is 24.0. The van der Waals surface area contributed by atoms with Crippen LogP contribution in [0, 0.1) is 0 Å². The van der Waals surface area contributed by atoms with Gasteiger partial charge < -0.3 is 5.73 Å². The number of nitrogens with two attached hydrogens (primary N) is 1. The Morgan fingerprint density at radius 3 is 1.44 bits per heavy atom. The standard InChI is InChI=1S/C42H27N/c43-31-21-19-27(20-22-31)34-25-35(26-11-3-1-4-12-26)40-36-23-29-15-7-9-17-32(29)39-33-18-10-8-16-30(33)24-37(41(36)39)42(40)38(34)28-13-5-2-6-14-28/h1-25H,43H2. The van der Waals surface area contributed by atoms with Crippen molar-refractivity contribution in [1.29, 1.82) is 0 Å². The molecule has 9 rings (SSSR count). The highest BCUT2D eigenvalue weighted by Gasteiger charge is 2.31. The molecule has 0 spiro atoms. The predicted molar refractivity (Wildman–Crippen MR) is 184 cm³/mol. The third kappa shape index (κ3) is 3.52. The van der Waals surface area contributed by atoms with E-state index in [9.17, 15) is 0 Å². The molecule has 43 heavy (non-hydrogen) atoms. The summed E-state index contributed by atoms with van der Waals surface area (Å²) in [7, 11) is 0. The second-order valence-electron chi connectivity index (χ2n) is 11.5. The van der Waals surface area contributed by atoms with Gasteiger partial charge in [0, 0.05) is 5.69 Å². The lowest BCUT2D eigenvalue weighted by molar-refractivity contribution is 1.56. The van der Waals surface area contributed by atoms with Crippen LogP contribution < -0.4 is 5.73 Å². The van der Waals surface area contributed by atoms with Gasteiger partial charge >= 0.3 is 0 Å². The van der Waals surface area contributed by atoms with Crippen LogP contribution in [-0.2, 0) is 0 Å². The maximum absolute atomic E-state index is 6.18. The molecule has 0 atom stereocenters. The molecule has 0 fully saturated rings. The second-order valence-corrected chi connectivity index (χ2v) is 11.5. The number of hydrogen-bond donors (Lipinski definition) is 1. The molecule has 1 aliphatic carbocycles. The molecule has 0 saturated heterocycles. The molecule has 0 bridgehead atoms. The average molecular weight is 546 g/mol. The minimum atomic E-state index is 0.768. The van der Waals surface area contributed by atoms with Crippen LogP contribution in [0.2, 0.25) is 0 Å². The van der Waals surface area contributed by atoms with Gasteiger partial charge in [0.2, 0.25) is 0 Å². The van der Waals surface area contributed by atoms with Gasteiger partial charge in [-0.3, -0.25) is 0 Å². The number of hydrogen-bond acceptors (Lipinski definition) is 1. The SMILES string of the molecule is Nc1ccc(-c2cc(-c3ccccc3)c3c(c2-c2ccccc2)-c2cc4ccccc4c4c2c-3cc2ccccc24)cc1. The van der Waals surface area contributed by atoms with Crippen LogP contribution in [0.25, 0.3) is 88.0 Å². The van der Waals surface area contributed by atoms with Gasteiger partial charge in [0.25, 0.3) is 0 Å². The highest BCUT2D eigenvalue weighted by atomic mass is 14.5. The van der Waals surface area contributed by atoms with Crippen molar-refractivity contribution in [1.82, 2.24) is 0 Å². The molecule has 0 amide bonds. The molecule has 2 N–H and O–H groups in total. The lowest BCUT2D eigenvalue weighted by Crippen LogP contribution is -1.95. The van der Waals surface area contributed by atoms with E-state index in [0.717, 1.165) is 11.3 Å². The second kappa shape index (κ2) is 9.17. The van der Waals surface area contributed by atoms with E-state index in [0.29, 0.717) is 0 Å². The van der Waals surface area contributed by atoms with Crippen molar-refractivity contribution in [3.05, 3.63) is 152 Å². The third-order valence-corrected chi connectivity index (χ3v) is 9.08. The van der Waals surface area contributed by atoms with Gasteiger partial charge in [0.15, 0.2) is 0 Å². The Hall–Kier alpha value is -5.66. The molecular weight excluding hydrogens is 518 g/mol. The topological polar surface area (TPSA) is 26.0 Å². The summed E-state index contributed by atoms with van der Waals surface area (Å²) in [4.78, 5) is 0. The quantitative estimate of drug-likeness (QED) is 0.173. The zero-order chi connectivity index (χ0) is 28.5. The number of nitrogen functional groups attached to an aromatic ring is 1. The molecule has 0 aliphatic heterocycles. The summed E-state index contributed by atoms with van der Waals surface area (Å²) in [6.07, 6.45) is 0. The zero-order valence-electron chi connectivity index (χ0n) is 23.5. The van der Waals surface area contributed by atoms with Crippen molar-refractivity contribution >= 4 is 38.0 Å². The van der Waals surface area contributed by atoms with Crippen LogP contribution in [0.1, 0.15) is 0 Å². The molecule has 1 heteroatoms. The average Bonchev–Trinajstić information content (AvgIpc) is 3.39. The lowest BCUT2D eigenvalue weighted by atomic mass is 9.82. The van der Waals surface area contributed by atoms with E-state index in [1.54, 1.807) is 0 Å². The van der Waals surface area contributed by atoms with Crippen molar-refractivity contribution in [3.63, 3.8) is 0 Å². The minimum Gasteiger partial charge on any atom is -0.399 e. The van der Waals surface area contributed by atoms with Crippen LogP contribution in [0.3, 0.4) is 0 Å². The van der Waals surface area contributed by atoms with E-state index < -0.39 is 0 Å². The summed E-state index contributed by atoms with van der Waals surface area (Å²) in [5, 5.41) is 7.81. The molecule has 1 nitrogen and oxygen atoms in total. The Bertz CT molecular complexity index is 2350. The number of fused-ring (bicyclic) bond motifs is 7. The van der Waals surface area contributed by atoms with Gasteiger partial charge in [-0.1, -0.05) is 121 Å². The van der Waals surface area contributed by atoms with Crippen molar-refractivity contribution in [3.8, 4) is 55.6 Å². The normalized spacial score (nSPS) is 11.8. The Balaban J connectivity index is 1.55. The number of anilines is 1. The van der Waals surface area contributed by atoms with E-state index in [4.69, 9.17) is 5.73 Å². The third-order valence-electron chi connectivity index (χ3n) is 9.08. The molecule has 0 saturated carbocycles. The molecule has 1 aliphatic rings. The van der Waals surface area contributed by atoms with Crippen LogP contribution in [-0.4, -0.2) is 0 Å². The first-order valence-corrected chi connectivity index (χ1v) is 14.8. The van der Waals surface area contributed by atoms with E-state index in [2.05, 4.69) is 140 Å². The fraction of sp³-hybridized carbons (Fsp3) is 0. The van der Waals surface area contributed by atoms with Gasteiger partial charge in [-0.2, -0.15) is 0 Å². The molecule has 8 aromatic rings. The Morgan fingerprint density at radius 2 is 0.814 bits per heavy atom. The largest absolute Gasteiger partial charge is 0.399 e. The highest BCUT2D eigenvalue weighted by molar-refractivity contribution is 6.33. The fourth-order valence-corrected chi connectivity index (χ4v) is 7.25. The van der Waals surface area contributed by atoms with E-state index >= 15 is 0 Å². The molecule has 0 radical (unpaired) electrons. The molecule has 8 aromatic carbocycles.